The summed E-state index contributed by atoms with van der Waals surface area (Å²) in [7, 11) is 0. The second-order valence-corrected chi connectivity index (χ2v) is 5.40. The average molecular weight is 300 g/mol. The molecule has 2 atom stereocenters. The van der Waals surface area contributed by atoms with E-state index >= 15 is 0 Å². The minimum atomic E-state index is -0.707. The van der Waals surface area contributed by atoms with Crippen LogP contribution in [-0.4, -0.2) is 24.0 Å². The summed E-state index contributed by atoms with van der Waals surface area (Å²) in [5, 5.41) is 13.4. The summed E-state index contributed by atoms with van der Waals surface area (Å²) in [6.45, 7) is 2.85. The van der Waals surface area contributed by atoms with Crippen LogP contribution in [0.15, 0.2) is 54.6 Å². The van der Waals surface area contributed by atoms with Gasteiger partial charge in [-0.05, 0) is 49.6 Å². The lowest BCUT2D eigenvalue weighted by Crippen LogP contribution is -2.40. The first-order chi connectivity index (χ1) is 10.6. The maximum absolute atomic E-state index is 10.0. The number of rotatable bonds is 8. The number of para-hydroxylation sites is 1. The highest BCUT2D eigenvalue weighted by Gasteiger charge is 2.15. The fourth-order valence-corrected chi connectivity index (χ4v) is 2.20. The number of nitrogens with two attached hydrogens (primary N) is 1. The molecule has 0 bridgehead atoms. The highest BCUT2D eigenvalue weighted by Crippen LogP contribution is 2.13. The Bertz CT molecular complexity index is 560. The van der Waals surface area contributed by atoms with Crippen LogP contribution in [0.3, 0.4) is 0 Å². The van der Waals surface area contributed by atoms with Gasteiger partial charge in [0.1, 0.15) is 11.9 Å². The molecule has 0 radical (unpaired) electrons. The summed E-state index contributed by atoms with van der Waals surface area (Å²) < 4.78 is 5.51. The van der Waals surface area contributed by atoms with E-state index in [9.17, 15) is 5.11 Å². The Morgan fingerprint density at radius 2 is 1.91 bits per heavy atom. The van der Waals surface area contributed by atoms with Crippen LogP contribution in [-0.2, 0) is 0 Å². The molecule has 2 rings (SSSR count). The van der Waals surface area contributed by atoms with Gasteiger partial charge < -0.3 is 15.2 Å². The van der Waals surface area contributed by atoms with Gasteiger partial charge in [-0.3, -0.25) is 5.73 Å². The number of hydrogen-bond acceptors (Lipinski definition) is 4. The minimum absolute atomic E-state index is 0.590. The van der Waals surface area contributed by atoms with Crippen molar-refractivity contribution in [3.63, 3.8) is 0 Å². The van der Waals surface area contributed by atoms with Crippen LogP contribution in [0.4, 0.5) is 5.69 Å². The Labute approximate surface area is 131 Å². The number of anilines is 1. The third-order valence-corrected chi connectivity index (χ3v) is 3.42. The summed E-state index contributed by atoms with van der Waals surface area (Å²) in [6.07, 6.45) is 0.0224. The molecule has 4 heteroatoms. The zero-order valence-electron chi connectivity index (χ0n) is 12.9. The van der Waals surface area contributed by atoms with Gasteiger partial charge in [-0.2, -0.15) is 0 Å². The second-order valence-electron chi connectivity index (χ2n) is 5.40. The Morgan fingerprint density at radius 3 is 2.64 bits per heavy atom. The number of nitrogens with one attached hydrogen (secondary N) is 1. The monoisotopic (exact) mass is 300 g/mol. The van der Waals surface area contributed by atoms with E-state index in [0.717, 1.165) is 18.7 Å². The summed E-state index contributed by atoms with van der Waals surface area (Å²) in [5.74, 6) is 0.673. The molecule has 0 saturated heterocycles. The largest absolute Gasteiger partial charge is 0.473 e. The average Bonchev–Trinajstić information content (AvgIpc) is 2.52. The van der Waals surface area contributed by atoms with Gasteiger partial charge in [-0.1, -0.05) is 30.3 Å². The molecule has 0 heterocycles. The molecule has 0 saturated carbocycles. The molecule has 0 amide bonds. The molecule has 2 aromatic rings. The van der Waals surface area contributed by atoms with Crippen molar-refractivity contribution in [2.24, 2.45) is 5.73 Å². The quantitative estimate of drug-likeness (QED) is 0.518. The summed E-state index contributed by atoms with van der Waals surface area (Å²) in [5.41, 5.74) is 8.19. The summed E-state index contributed by atoms with van der Waals surface area (Å²) >= 11 is 0. The third kappa shape index (κ3) is 5.39. The van der Waals surface area contributed by atoms with Gasteiger partial charge in [0.25, 0.3) is 0 Å². The van der Waals surface area contributed by atoms with Gasteiger partial charge in [-0.25, -0.2) is 0 Å². The van der Waals surface area contributed by atoms with Crippen LogP contribution < -0.4 is 15.8 Å². The van der Waals surface area contributed by atoms with Crippen molar-refractivity contribution in [3.8, 4) is 5.75 Å². The Balaban J connectivity index is 1.67. The van der Waals surface area contributed by atoms with E-state index in [1.165, 1.54) is 5.56 Å². The normalized spacial score (nSPS) is 13.4. The van der Waals surface area contributed by atoms with Crippen LogP contribution in [0.2, 0.25) is 0 Å². The van der Waals surface area contributed by atoms with Gasteiger partial charge in [-0.15, -0.1) is 0 Å². The van der Waals surface area contributed by atoms with Crippen molar-refractivity contribution in [2.45, 2.75) is 32.1 Å². The first-order valence-corrected chi connectivity index (χ1v) is 7.61. The number of aryl methyl sites for hydroxylation is 1. The third-order valence-electron chi connectivity index (χ3n) is 3.42. The molecule has 2 aromatic carbocycles. The Hall–Kier alpha value is -2.04. The van der Waals surface area contributed by atoms with Crippen molar-refractivity contribution < 1.29 is 9.84 Å². The summed E-state index contributed by atoms with van der Waals surface area (Å²) in [6, 6.07) is 17.5. The van der Waals surface area contributed by atoms with Crippen LogP contribution in [0, 0.1) is 6.92 Å². The fraction of sp³-hybridized carbons (Fsp3) is 0.333. The lowest BCUT2D eigenvalue weighted by Gasteiger charge is -2.20. The molecule has 0 aliphatic rings. The molecule has 0 aliphatic carbocycles. The molecule has 0 spiro atoms. The molecule has 4 nitrogen and oxygen atoms in total. The molecule has 22 heavy (non-hydrogen) atoms. The van der Waals surface area contributed by atoms with Crippen LogP contribution in [0.5, 0.6) is 5.75 Å². The topological polar surface area (TPSA) is 67.5 Å². The molecular weight excluding hydrogens is 276 g/mol. The predicted molar refractivity (Wildman–Crippen MR) is 90.0 cm³/mol. The van der Waals surface area contributed by atoms with Gasteiger partial charge in [0.2, 0.25) is 0 Å². The van der Waals surface area contributed by atoms with Crippen molar-refractivity contribution in [1.82, 2.24) is 0 Å². The predicted octanol–water partition coefficient (Wildman–Crippen LogP) is 2.91. The maximum Gasteiger partial charge on any atom is 0.173 e. The van der Waals surface area contributed by atoms with E-state index in [4.69, 9.17) is 10.5 Å². The molecule has 2 unspecified atom stereocenters. The lowest BCUT2D eigenvalue weighted by atomic mass is 10.1. The number of aliphatic hydroxyl groups is 1. The van der Waals surface area contributed by atoms with Crippen LogP contribution in [0.25, 0.3) is 0 Å². The molecule has 0 aromatic heterocycles. The van der Waals surface area contributed by atoms with Gasteiger partial charge in [0.05, 0.1) is 0 Å². The zero-order valence-corrected chi connectivity index (χ0v) is 12.9. The van der Waals surface area contributed by atoms with Gasteiger partial charge in [0.15, 0.2) is 6.23 Å². The van der Waals surface area contributed by atoms with Crippen molar-refractivity contribution >= 4 is 5.69 Å². The SMILES string of the molecule is Cc1cccc(NCCCC(O)C(N)Oc2ccccc2)c1. The maximum atomic E-state index is 10.0. The van der Waals surface area contributed by atoms with E-state index in [1.807, 2.05) is 42.5 Å². The number of hydrogen-bond donors (Lipinski definition) is 3. The molecule has 0 aliphatic heterocycles. The second kappa shape index (κ2) is 8.41. The fourth-order valence-electron chi connectivity index (χ4n) is 2.20. The highest BCUT2D eigenvalue weighted by molar-refractivity contribution is 5.45. The minimum Gasteiger partial charge on any atom is -0.473 e. The van der Waals surface area contributed by atoms with Crippen LogP contribution in [0.1, 0.15) is 18.4 Å². The first-order valence-electron chi connectivity index (χ1n) is 7.61. The number of benzene rings is 2. The summed E-state index contributed by atoms with van der Waals surface area (Å²) in [4.78, 5) is 0. The number of aliphatic hydroxyl groups excluding tert-OH is 1. The number of ether oxygens (including phenoxy) is 1. The Kier molecular flexibility index (Phi) is 6.25. The van der Waals surface area contributed by atoms with E-state index < -0.39 is 12.3 Å². The lowest BCUT2D eigenvalue weighted by molar-refractivity contribution is 0.0340. The standard InChI is InChI=1S/C18H24N2O2/c1-14-7-5-8-15(13-14)20-12-6-11-17(21)18(19)22-16-9-3-2-4-10-16/h2-5,7-10,13,17-18,20-21H,6,11-12,19H2,1H3. The van der Waals surface area contributed by atoms with Crippen LogP contribution >= 0.6 is 0 Å². The van der Waals surface area contributed by atoms with Crippen molar-refractivity contribution in [1.29, 1.82) is 0 Å². The van der Waals surface area contributed by atoms with E-state index in [1.54, 1.807) is 0 Å². The molecular formula is C18H24N2O2. The van der Waals surface area contributed by atoms with Gasteiger partial charge in [0, 0.05) is 12.2 Å². The Morgan fingerprint density at radius 1 is 1.14 bits per heavy atom. The van der Waals surface area contributed by atoms with Crippen molar-refractivity contribution in [2.75, 3.05) is 11.9 Å². The first kappa shape index (κ1) is 16.3. The van der Waals surface area contributed by atoms with E-state index in [-0.39, 0.29) is 0 Å². The highest BCUT2D eigenvalue weighted by atomic mass is 16.5. The van der Waals surface area contributed by atoms with E-state index in [0.29, 0.717) is 12.2 Å². The van der Waals surface area contributed by atoms with E-state index in [2.05, 4.69) is 24.4 Å². The molecule has 118 valence electrons. The van der Waals surface area contributed by atoms with Crippen molar-refractivity contribution in [3.05, 3.63) is 60.2 Å². The molecule has 4 N–H and O–H groups in total. The smallest absolute Gasteiger partial charge is 0.173 e. The van der Waals surface area contributed by atoms with Gasteiger partial charge >= 0.3 is 0 Å². The zero-order chi connectivity index (χ0) is 15.8. The molecule has 0 fully saturated rings.